The summed E-state index contributed by atoms with van der Waals surface area (Å²) in [5.41, 5.74) is 6.26. The molecule has 1 saturated carbocycles. The standard InChI is InChI=1S/C18H20BrF3N4O/c1-9-6-12(19)7-13-14(9)25-17(18(20,21)22)26-16(13)24-8-10-2-4-11(5-3-10)15(23)27/h6-7,10-11H,2-5,8H2,1H3,(H2,23,27)(H,24,25,26)/t10-,11+. The number of nitrogens with zero attached hydrogens (tertiary/aromatic N) is 2. The van der Waals surface area contributed by atoms with Gasteiger partial charge in [-0.2, -0.15) is 13.2 Å². The molecule has 2 aromatic rings. The van der Waals surface area contributed by atoms with Crippen LogP contribution in [0.3, 0.4) is 0 Å². The molecule has 9 heteroatoms. The van der Waals surface area contributed by atoms with Gasteiger partial charge < -0.3 is 11.1 Å². The zero-order chi connectivity index (χ0) is 19.8. The topological polar surface area (TPSA) is 80.9 Å². The summed E-state index contributed by atoms with van der Waals surface area (Å²) in [5.74, 6) is -1.10. The summed E-state index contributed by atoms with van der Waals surface area (Å²) in [5, 5.41) is 3.62. The third kappa shape index (κ3) is 4.51. The Balaban J connectivity index is 1.86. The highest BCUT2D eigenvalue weighted by Gasteiger charge is 2.36. The number of nitrogens with two attached hydrogens (primary N) is 1. The number of nitrogens with one attached hydrogen (secondary N) is 1. The SMILES string of the molecule is Cc1cc(Br)cc2c(NC[C@H]3CC[C@@H](C(N)=O)CC3)nc(C(F)(F)F)nc12. The number of carbonyl (C=O) groups is 1. The number of hydrogen-bond acceptors (Lipinski definition) is 4. The van der Waals surface area contributed by atoms with Gasteiger partial charge in [0.1, 0.15) is 5.82 Å². The minimum Gasteiger partial charge on any atom is -0.369 e. The van der Waals surface area contributed by atoms with Crippen molar-refractivity contribution in [3.8, 4) is 0 Å². The summed E-state index contributed by atoms with van der Waals surface area (Å²) in [6.45, 7) is 2.20. The number of carbonyl (C=O) groups excluding carboxylic acids is 1. The molecule has 0 aliphatic heterocycles. The number of primary amides is 1. The second kappa shape index (κ2) is 7.61. The lowest BCUT2D eigenvalue weighted by Crippen LogP contribution is -2.29. The van der Waals surface area contributed by atoms with E-state index >= 15 is 0 Å². The average Bonchev–Trinajstić information content (AvgIpc) is 2.59. The Kier molecular flexibility index (Phi) is 5.60. The van der Waals surface area contributed by atoms with Gasteiger partial charge in [0.05, 0.1) is 5.52 Å². The van der Waals surface area contributed by atoms with Crippen molar-refractivity contribution in [2.24, 2.45) is 17.6 Å². The number of hydrogen-bond donors (Lipinski definition) is 2. The van der Waals surface area contributed by atoms with Gasteiger partial charge in [0, 0.05) is 22.3 Å². The molecular formula is C18H20BrF3N4O. The molecule has 0 saturated heterocycles. The maximum Gasteiger partial charge on any atom is 0.451 e. The lowest BCUT2D eigenvalue weighted by Gasteiger charge is -2.27. The molecule has 1 aliphatic rings. The van der Waals surface area contributed by atoms with Crippen LogP contribution in [0.4, 0.5) is 19.0 Å². The monoisotopic (exact) mass is 444 g/mol. The van der Waals surface area contributed by atoms with Crippen molar-refractivity contribution < 1.29 is 18.0 Å². The average molecular weight is 445 g/mol. The Bertz CT molecular complexity index is 864. The van der Waals surface area contributed by atoms with Crippen molar-refractivity contribution in [3.05, 3.63) is 28.0 Å². The second-order valence-electron chi connectivity index (χ2n) is 7.01. The molecule has 5 nitrogen and oxygen atoms in total. The van der Waals surface area contributed by atoms with Crippen molar-refractivity contribution in [2.45, 2.75) is 38.8 Å². The number of amides is 1. The highest BCUT2D eigenvalue weighted by molar-refractivity contribution is 9.10. The summed E-state index contributed by atoms with van der Waals surface area (Å²) < 4.78 is 40.4. The van der Waals surface area contributed by atoms with Gasteiger partial charge in [-0.25, -0.2) is 9.97 Å². The minimum atomic E-state index is -4.62. The highest BCUT2D eigenvalue weighted by atomic mass is 79.9. The van der Waals surface area contributed by atoms with E-state index in [9.17, 15) is 18.0 Å². The Hall–Kier alpha value is -1.90. The van der Waals surface area contributed by atoms with E-state index in [1.165, 1.54) is 0 Å². The van der Waals surface area contributed by atoms with Gasteiger partial charge in [-0.05, 0) is 56.2 Å². The van der Waals surface area contributed by atoms with Gasteiger partial charge in [0.2, 0.25) is 11.7 Å². The molecule has 1 fully saturated rings. The fraction of sp³-hybridized carbons (Fsp3) is 0.500. The predicted octanol–water partition coefficient (Wildman–Crippen LogP) is 4.42. The van der Waals surface area contributed by atoms with Gasteiger partial charge in [-0.3, -0.25) is 4.79 Å². The first-order valence-corrected chi connectivity index (χ1v) is 9.52. The van der Waals surface area contributed by atoms with E-state index in [1.807, 2.05) is 0 Å². The van der Waals surface area contributed by atoms with Crippen molar-refractivity contribution in [2.75, 3.05) is 11.9 Å². The zero-order valence-corrected chi connectivity index (χ0v) is 16.3. The zero-order valence-electron chi connectivity index (χ0n) is 14.7. The van der Waals surface area contributed by atoms with E-state index in [0.29, 0.717) is 30.3 Å². The van der Waals surface area contributed by atoms with E-state index in [2.05, 4.69) is 31.2 Å². The molecule has 0 spiro atoms. The van der Waals surface area contributed by atoms with Crippen LogP contribution in [0.1, 0.15) is 37.1 Å². The van der Waals surface area contributed by atoms with Crippen molar-refractivity contribution in [1.82, 2.24) is 9.97 Å². The van der Waals surface area contributed by atoms with Crippen LogP contribution in [0.25, 0.3) is 10.9 Å². The number of aryl methyl sites for hydroxylation is 1. The molecule has 146 valence electrons. The van der Waals surface area contributed by atoms with Gasteiger partial charge in [0.15, 0.2) is 0 Å². The number of alkyl halides is 3. The molecule has 0 bridgehead atoms. The lowest BCUT2D eigenvalue weighted by molar-refractivity contribution is -0.144. The second-order valence-corrected chi connectivity index (χ2v) is 7.93. The van der Waals surface area contributed by atoms with E-state index < -0.39 is 12.0 Å². The molecule has 0 atom stereocenters. The number of anilines is 1. The molecule has 1 heterocycles. The van der Waals surface area contributed by atoms with Crippen molar-refractivity contribution in [3.63, 3.8) is 0 Å². The lowest BCUT2D eigenvalue weighted by atomic mass is 9.81. The summed E-state index contributed by atoms with van der Waals surface area (Å²) in [6.07, 6.45) is -1.59. The smallest absolute Gasteiger partial charge is 0.369 e. The van der Waals surface area contributed by atoms with Crippen LogP contribution in [-0.2, 0) is 11.0 Å². The minimum absolute atomic E-state index is 0.100. The molecule has 0 unspecified atom stereocenters. The molecule has 1 aromatic heterocycles. The summed E-state index contributed by atoms with van der Waals surface area (Å²) in [6, 6.07) is 3.44. The molecule has 0 radical (unpaired) electrons. The van der Waals surface area contributed by atoms with Gasteiger partial charge in [-0.1, -0.05) is 15.9 Å². The largest absolute Gasteiger partial charge is 0.451 e. The Morgan fingerprint density at radius 2 is 1.93 bits per heavy atom. The fourth-order valence-electron chi connectivity index (χ4n) is 3.52. The first-order valence-electron chi connectivity index (χ1n) is 8.73. The predicted molar refractivity (Wildman–Crippen MR) is 100 cm³/mol. The molecule has 3 N–H and O–H groups in total. The number of halogens is 4. The summed E-state index contributed by atoms with van der Waals surface area (Å²) >= 11 is 3.37. The molecule has 1 aromatic carbocycles. The number of fused-ring (bicyclic) bond motifs is 1. The summed E-state index contributed by atoms with van der Waals surface area (Å²) in [7, 11) is 0. The first kappa shape index (κ1) is 19.9. The first-order chi connectivity index (χ1) is 12.6. The van der Waals surface area contributed by atoms with Crippen LogP contribution < -0.4 is 11.1 Å². The van der Waals surface area contributed by atoms with Crippen LogP contribution in [0, 0.1) is 18.8 Å². The van der Waals surface area contributed by atoms with Crippen LogP contribution in [-0.4, -0.2) is 22.4 Å². The highest BCUT2D eigenvalue weighted by Crippen LogP contribution is 2.34. The fourth-order valence-corrected chi connectivity index (χ4v) is 4.09. The van der Waals surface area contributed by atoms with E-state index in [-0.39, 0.29) is 29.1 Å². The Morgan fingerprint density at radius 3 is 2.52 bits per heavy atom. The van der Waals surface area contributed by atoms with Gasteiger partial charge in [0.25, 0.3) is 0 Å². The number of aromatic nitrogens is 2. The number of rotatable bonds is 4. The molecular weight excluding hydrogens is 425 g/mol. The van der Waals surface area contributed by atoms with Crippen LogP contribution >= 0.6 is 15.9 Å². The van der Waals surface area contributed by atoms with Crippen molar-refractivity contribution >= 4 is 38.6 Å². The van der Waals surface area contributed by atoms with Crippen LogP contribution in [0.5, 0.6) is 0 Å². The quantitative estimate of drug-likeness (QED) is 0.730. The molecule has 3 rings (SSSR count). The maximum atomic E-state index is 13.2. The molecule has 27 heavy (non-hydrogen) atoms. The van der Waals surface area contributed by atoms with Crippen LogP contribution in [0.2, 0.25) is 0 Å². The molecule has 1 amide bonds. The van der Waals surface area contributed by atoms with E-state index in [4.69, 9.17) is 5.73 Å². The Labute approximate surface area is 163 Å². The van der Waals surface area contributed by atoms with Gasteiger partial charge in [-0.15, -0.1) is 0 Å². The normalized spacial score (nSPS) is 20.6. The third-order valence-corrected chi connectivity index (χ3v) is 5.47. The van der Waals surface area contributed by atoms with E-state index in [1.54, 1.807) is 19.1 Å². The van der Waals surface area contributed by atoms with Gasteiger partial charge >= 0.3 is 6.18 Å². The maximum absolute atomic E-state index is 13.2. The molecule has 1 aliphatic carbocycles. The Morgan fingerprint density at radius 1 is 1.26 bits per heavy atom. The van der Waals surface area contributed by atoms with Crippen LogP contribution in [0.15, 0.2) is 16.6 Å². The summed E-state index contributed by atoms with van der Waals surface area (Å²) in [4.78, 5) is 18.7. The van der Waals surface area contributed by atoms with E-state index in [0.717, 1.165) is 17.3 Å². The third-order valence-electron chi connectivity index (χ3n) is 5.02. The number of benzene rings is 1. The van der Waals surface area contributed by atoms with Crippen molar-refractivity contribution in [1.29, 1.82) is 0 Å².